The van der Waals surface area contributed by atoms with Gasteiger partial charge in [0.25, 0.3) is 0 Å². The molecule has 112 valence electrons. The molecular formula is C14H22N2O4. The third kappa shape index (κ3) is 4.21. The van der Waals surface area contributed by atoms with Crippen molar-refractivity contribution in [1.82, 2.24) is 10.2 Å². The lowest BCUT2D eigenvalue weighted by Gasteiger charge is -2.31. The van der Waals surface area contributed by atoms with E-state index in [1.54, 1.807) is 0 Å². The maximum absolute atomic E-state index is 11.9. The van der Waals surface area contributed by atoms with Crippen molar-refractivity contribution in [3.63, 3.8) is 0 Å². The minimum Gasteiger partial charge on any atom is -0.481 e. The molecule has 6 nitrogen and oxygen atoms in total. The Kier molecular flexibility index (Phi) is 4.98. The van der Waals surface area contributed by atoms with Gasteiger partial charge in [0.05, 0.1) is 0 Å². The highest BCUT2D eigenvalue weighted by Crippen LogP contribution is 2.32. The molecule has 0 aromatic rings. The van der Waals surface area contributed by atoms with Crippen LogP contribution in [-0.2, 0) is 14.4 Å². The number of aliphatic carboxylic acids is 1. The normalized spacial score (nSPS) is 19.7. The molecule has 0 atom stereocenters. The van der Waals surface area contributed by atoms with Crippen LogP contribution >= 0.6 is 0 Å². The maximum atomic E-state index is 11.9. The molecule has 1 saturated heterocycles. The lowest BCUT2D eigenvalue weighted by atomic mass is 9.95. The molecule has 2 fully saturated rings. The monoisotopic (exact) mass is 282 g/mol. The van der Waals surface area contributed by atoms with Gasteiger partial charge < -0.3 is 15.3 Å². The molecule has 1 saturated carbocycles. The van der Waals surface area contributed by atoms with Crippen LogP contribution in [0.2, 0.25) is 0 Å². The number of carbonyl (C=O) groups is 3. The number of carbonyl (C=O) groups excluding carboxylic acids is 2. The number of nitrogens with one attached hydrogen (secondary N) is 1. The second-order valence-corrected chi connectivity index (χ2v) is 5.66. The summed E-state index contributed by atoms with van der Waals surface area (Å²) in [4.78, 5) is 36.0. The molecule has 1 heterocycles. The summed E-state index contributed by atoms with van der Waals surface area (Å²) in [5.41, 5.74) is 0. The molecule has 1 aliphatic heterocycles. The van der Waals surface area contributed by atoms with Crippen LogP contribution in [0.25, 0.3) is 0 Å². The van der Waals surface area contributed by atoms with Crippen LogP contribution in [-0.4, -0.2) is 47.4 Å². The summed E-state index contributed by atoms with van der Waals surface area (Å²) in [6, 6.07) is 0. The molecule has 2 amide bonds. The summed E-state index contributed by atoms with van der Waals surface area (Å²) in [6.45, 7) is 1.75. The van der Waals surface area contributed by atoms with Gasteiger partial charge in [-0.15, -0.1) is 0 Å². The van der Waals surface area contributed by atoms with Gasteiger partial charge in [-0.3, -0.25) is 14.4 Å². The molecule has 1 aliphatic carbocycles. The third-order valence-electron chi connectivity index (χ3n) is 3.97. The number of carboxylic acid groups (broad SMARTS) is 1. The minimum absolute atomic E-state index is 0.00564. The molecule has 2 rings (SSSR count). The lowest BCUT2D eigenvalue weighted by molar-refractivity contribution is -0.137. The number of likely N-dealkylation sites (tertiary alicyclic amines) is 1. The zero-order valence-corrected chi connectivity index (χ0v) is 11.6. The summed E-state index contributed by atoms with van der Waals surface area (Å²) in [5, 5.41) is 11.3. The Morgan fingerprint density at radius 2 is 1.70 bits per heavy atom. The first-order valence-corrected chi connectivity index (χ1v) is 7.36. The molecule has 0 unspecified atom stereocenters. The molecule has 0 aromatic heterocycles. The first kappa shape index (κ1) is 14.8. The van der Waals surface area contributed by atoms with Gasteiger partial charge in [-0.2, -0.15) is 0 Å². The molecule has 0 aromatic carbocycles. The fraction of sp³-hybridized carbons (Fsp3) is 0.786. The highest BCUT2D eigenvalue weighted by atomic mass is 16.4. The molecule has 2 N–H and O–H groups in total. The molecule has 0 radical (unpaired) electrons. The van der Waals surface area contributed by atoms with Crippen molar-refractivity contribution in [2.75, 3.05) is 19.6 Å². The largest absolute Gasteiger partial charge is 0.481 e. The predicted octanol–water partition coefficient (Wildman–Crippen LogP) is 0.616. The van der Waals surface area contributed by atoms with Crippen LogP contribution in [0.1, 0.15) is 38.5 Å². The maximum Gasteiger partial charge on any atom is 0.303 e. The number of nitrogens with zero attached hydrogens (tertiary/aromatic N) is 1. The van der Waals surface area contributed by atoms with Crippen LogP contribution in [0.4, 0.5) is 0 Å². The third-order valence-corrected chi connectivity index (χ3v) is 3.97. The van der Waals surface area contributed by atoms with E-state index in [1.807, 2.05) is 4.90 Å². The van der Waals surface area contributed by atoms with Gasteiger partial charge in [-0.25, -0.2) is 0 Å². The number of hydrogen-bond acceptors (Lipinski definition) is 3. The Labute approximate surface area is 118 Å². The SMILES string of the molecule is O=C(O)CCCNC(=O)C1CCN(C(=O)C2CC2)CC1. The second-order valence-electron chi connectivity index (χ2n) is 5.66. The van der Waals surface area contributed by atoms with Gasteiger partial charge in [0.2, 0.25) is 11.8 Å². The number of hydrogen-bond donors (Lipinski definition) is 2. The first-order valence-electron chi connectivity index (χ1n) is 7.36. The van der Waals surface area contributed by atoms with E-state index >= 15 is 0 Å². The zero-order chi connectivity index (χ0) is 14.5. The van der Waals surface area contributed by atoms with Gasteiger partial charge in [0, 0.05) is 37.9 Å². The smallest absolute Gasteiger partial charge is 0.303 e. The number of amides is 2. The van der Waals surface area contributed by atoms with Gasteiger partial charge >= 0.3 is 5.97 Å². The van der Waals surface area contributed by atoms with Crippen LogP contribution in [0.15, 0.2) is 0 Å². The number of piperidine rings is 1. The topological polar surface area (TPSA) is 86.7 Å². The van der Waals surface area contributed by atoms with Crippen molar-refractivity contribution in [2.24, 2.45) is 11.8 Å². The molecule has 0 bridgehead atoms. The Morgan fingerprint density at radius 3 is 2.25 bits per heavy atom. The standard InChI is InChI=1S/C14H22N2O4/c17-12(18)2-1-7-15-13(19)10-5-8-16(9-6-10)14(20)11-3-4-11/h10-11H,1-9H2,(H,15,19)(H,17,18). The van der Waals surface area contributed by atoms with E-state index in [4.69, 9.17) is 5.11 Å². The average molecular weight is 282 g/mol. The summed E-state index contributed by atoms with van der Waals surface area (Å²) >= 11 is 0. The summed E-state index contributed by atoms with van der Waals surface area (Å²) < 4.78 is 0. The Bertz CT molecular complexity index is 385. The summed E-state index contributed by atoms with van der Waals surface area (Å²) in [7, 11) is 0. The van der Waals surface area contributed by atoms with Crippen LogP contribution in [0.3, 0.4) is 0 Å². The summed E-state index contributed by atoms with van der Waals surface area (Å²) in [6.07, 6.45) is 3.99. The van der Waals surface area contributed by atoms with Crippen LogP contribution < -0.4 is 5.32 Å². The van der Waals surface area contributed by atoms with Gasteiger partial charge in [0.15, 0.2) is 0 Å². The quantitative estimate of drug-likeness (QED) is 0.699. The van der Waals surface area contributed by atoms with Gasteiger partial charge in [0.1, 0.15) is 0 Å². The van der Waals surface area contributed by atoms with Crippen molar-refractivity contribution in [1.29, 1.82) is 0 Å². The Hall–Kier alpha value is -1.59. The van der Waals surface area contributed by atoms with Crippen LogP contribution in [0.5, 0.6) is 0 Å². The van der Waals surface area contributed by atoms with E-state index in [0.717, 1.165) is 12.8 Å². The van der Waals surface area contributed by atoms with E-state index in [1.165, 1.54) is 0 Å². The number of carboxylic acids is 1. The zero-order valence-electron chi connectivity index (χ0n) is 11.6. The van der Waals surface area contributed by atoms with Crippen molar-refractivity contribution < 1.29 is 19.5 Å². The van der Waals surface area contributed by atoms with Gasteiger partial charge in [-0.1, -0.05) is 0 Å². The lowest BCUT2D eigenvalue weighted by Crippen LogP contribution is -2.43. The van der Waals surface area contributed by atoms with E-state index in [0.29, 0.717) is 38.9 Å². The first-order chi connectivity index (χ1) is 9.58. The van der Waals surface area contributed by atoms with E-state index in [-0.39, 0.29) is 30.1 Å². The van der Waals surface area contributed by atoms with Crippen molar-refractivity contribution >= 4 is 17.8 Å². The van der Waals surface area contributed by atoms with Crippen molar-refractivity contribution in [3.05, 3.63) is 0 Å². The van der Waals surface area contributed by atoms with E-state index in [2.05, 4.69) is 5.32 Å². The van der Waals surface area contributed by atoms with E-state index < -0.39 is 5.97 Å². The molecule has 0 spiro atoms. The minimum atomic E-state index is -0.842. The predicted molar refractivity (Wildman–Crippen MR) is 71.9 cm³/mol. The fourth-order valence-corrected chi connectivity index (χ4v) is 2.55. The highest BCUT2D eigenvalue weighted by molar-refractivity contribution is 5.82. The number of rotatable bonds is 6. The summed E-state index contributed by atoms with van der Waals surface area (Å²) in [5.74, 6) is -0.384. The van der Waals surface area contributed by atoms with E-state index in [9.17, 15) is 14.4 Å². The van der Waals surface area contributed by atoms with Gasteiger partial charge in [-0.05, 0) is 32.1 Å². The van der Waals surface area contributed by atoms with Crippen LogP contribution in [0, 0.1) is 11.8 Å². The molecule has 20 heavy (non-hydrogen) atoms. The van der Waals surface area contributed by atoms with Crippen molar-refractivity contribution in [3.8, 4) is 0 Å². The second kappa shape index (κ2) is 6.72. The molecule has 6 heteroatoms. The average Bonchev–Trinajstić information content (AvgIpc) is 3.27. The molecular weight excluding hydrogens is 260 g/mol. The van der Waals surface area contributed by atoms with Crippen molar-refractivity contribution in [2.45, 2.75) is 38.5 Å². The highest BCUT2D eigenvalue weighted by Gasteiger charge is 2.35. The molecule has 2 aliphatic rings. The Morgan fingerprint density at radius 1 is 1.05 bits per heavy atom. The fourth-order valence-electron chi connectivity index (χ4n) is 2.55. The Balaban J connectivity index is 1.63.